The summed E-state index contributed by atoms with van der Waals surface area (Å²) in [6.45, 7) is 1.87. The predicted octanol–water partition coefficient (Wildman–Crippen LogP) is 2.08. The minimum atomic E-state index is -0.604. The summed E-state index contributed by atoms with van der Waals surface area (Å²) in [7, 11) is 0. The molecule has 0 aliphatic carbocycles. The third kappa shape index (κ3) is 2.78. The van der Waals surface area contributed by atoms with E-state index >= 15 is 0 Å². The molecule has 0 atom stereocenters. The standard InChI is InChI=1S/C15H15N5O3/c1-9-14(20(22)23)13(19-18-9)15(21)16-7-6-10-8-17-12-5-3-2-4-11(10)12/h2-5,8,17H,6-7H2,1H3,(H,16,21)(H,18,19). The van der Waals surface area contributed by atoms with Crippen molar-refractivity contribution in [3.05, 3.63) is 57.5 Å². The number of para-hydroxylation sites is 1. The van der Waals surface area contributed by atoms with Crippen LogP contribution >= 0.6 is 0 Å². The highest BCUT2D eigenvalue weighted by molar-refractivity contribution is 5.96. The summed E-state index contributed by atoms with van der Waals surface area (Å²) in [5.74, 6) is -0.555. The smallest absolute Gasteiger partial charge is 0.322 e. The second kappa shape index (κ2) is 5.91. The molecule has 0 unspecified atom stereocenters. The minimum Gasteiger partial charge on any atom is -0.361 e. The van der Waals surface area contributed by atoms with Crippen LogP contribution in [0.15, 0.2) is 30.5 Å². The quantitative estimate of drug-likeness (QED) is 0.494. The first-order valence-corrected chi connectivity index (χ1v) is 7.10. The first kappa shape index (κ1) is 14.8. The van der Waals surface area contributed by atoms with Crippen LogP contribution in [0.5, 0.6) is 0 Å². The number of rotatable bonds is 5. The number of carbonyl (C=O) groups is 1. The number of aromatic nitrogens is 3. The van der Waals surface area contributed by atoms with Gasteiger partial charge in [-0.05, 0) is 25.0 Å². The van der Waals surface area contributed by atoms with E-state index < -0.39 is 10.8 Å². The third-order valence-electron chi connectivity index (χ3n) is 3.67. The lowest BCUT2D eigenvalue weighted by atomic mass is 10.1. The van der Waals surface area contributed by atoms with E-state index in [1.54, 1.807) is 0 Å². The molecule has 0 bridgehead atoms. The SMILES string of the molecule is Cc1[nH]nc(C(=O)NCCc2c[nH]c3ccccc23)c1[N+](=O)[O-]. The molecule has 0 spiro atoms. The van der Waals surface area contributed by atoms with Crippen LogP contribution in [0.25, 0.3) is 10.9 Å². The van der Waals surface area contributed by atoms with Crippen molar-refractivity contribution in [2.24, 2.45) is 0 Å². The molecule has 2 heterocycles. The predicted molar refractivity (Wildman–Crippen MR) is 84.3 cm³/mol. The Hall–Kier alpha value is -3.16. The minimum absolute atomic E-state index is 0.188. The van der Waals surface area contributed by atoms with Gasteiger partial charge in [-0.1, -0.05) is 18.2 Å². The van der Waals surface area contributed by atoms with Crippen LogP contribution in [0.2, 0.25) is 0 Å². The number of aromatic amines is 2. The number of hydrogen-bond acceptors (Lipinski definition) is 4. The van der Waals surface area contributed by atoms with E-state index in [2.05, 4.69) is 20.5 Å². The molecule has 0 aliphatic rings. The van der Waals surface area contributed by atoms with Crippen LogP contribution in [-0.2, 0) is 6.42 Å². The lowest BCUT2D eigenvalue weighted by Crippen LogP contribution is -2.26. The lowest BCUT2D eigenvalue weighted by Gasteiger charge is -2.02. The van der Waals surface area contributed by atoms with Gasteiger partial charge in [-0.2, -0.15) is 5.10 Å². The molecular weight excluding hydrogens is 298 g/mol. The van der Waals surface area contributed by atoms with E-state index in [4.69, 9.17) is 0 Å². The number of nitrogens with one attached hydrogen (secondary N) is 3. The molecule has 0 saturated carbocycles. The number of carbonyl (C=O) groups excluding carboxylic acids is 1. The average molecular weight is 313 g/mol. The van der Waals surface area contributed by atoms with Gasteiger partial charge in [0.15, 0.2) is 0 Å². The Morgan fingerprint density at radius 3 is 2.96 bits per heavy atom. The van der Waals surface area contributed by atoms with Gasteiger partial charge in [-0.25, -0.2) is 0 Å². The Labute approximate surface area is 131 Å². The van der Waals surface area contributed by atoms with Crippen LogP contribution in [0.1, 0.15) is 21.7 Å². The number of hydrogen-bond donors (Lipinski definition) is 3. The van der Waals surface area contributed by atoms with Gasteiger partial charge in [0, 0.05) is 23.6 Å². The Balaban J connectivity index is 1.67. The number of nitrogens with zero attached hydrogens (tertiary/aromatic N) is 2. The second-order valence-electron chi connectivity index (χ2n) is 5.17. The zero-order valence-corrected chi connectivity index (χ0v) is 12.4. The van der Waals surface area contributed by atoms with Gasteiger partial charge in [0.2, 0.25) is 5.69 Å². The molecule has 0 saturated heterocycles. The Bertz CT molecular complexity index is 880. The van der Waals surface area contributed by atoms with Crippen molar-refractivity contribution in [1.29, 1.82) is 0 Å². The number of aryl methyl sites for hydroxylation is 1. The molecule has 8 heteroatoms. The van der Waals surface area contributed by atoms with Crippen molar-refractivity contribution in [3.63, 3.8) is 0 Å². The van der Waals surface area contributed by atoms with Crippen LogP contribution < -0.4 is 5.32 Å². The van der Waals surface area contributed by atoms with Gasteiger partial charge < -0.3 is 10.3 Å². The first-order valence-electron chi connectivity index (χ1n) is 7.10. The highest BCUT2D eigenvalue weighted by Crippen LogP contribution is 2.20. The van der Waals surface area contributed by atoms with Gasteiger partial charge in [0.05, 0.1) is 4.92 Å². The summed E-state index contributed by atoms with van der Waals surface area (Å²) in [4.78, 5) is 25.6. The number of fused-ring (bicyclic) bond motifs is 1. The maximum absolute atomic E-state index is 12.1. The molecule has 3 N–H and O–H groups in total. The monoisotopic (exact) mass is 313 g/mol. The molecule has 8 nitrogen and oxygen atoms in total. The topological polar surface area (TPSA) is 117 Å². The maximum Gasteiger partial charge on any atom is 0.322 e. The summed E-state index contributed by atoms with van der Waals surface area (Å²) < 4.78 is 0. The van der Waals surface area contributed by atoms with E-state index in [1.807, 2.05) is 30.5 Å². The van der Waals surface area contributed by atoms with Crippen molar-refractivity contribution >= 4 is 22.5 Å². The molecule has 23 heavy (non-hydrogen) atoms. The fraction of sp³-hybridized carbons (Fsp3) is 0.200. The van der Waals surface area contributed by atoms with Crippen LogP contribution in [0.4, 0.5) is 5.69 Å². The molecule has 0 radical (unpaired) electrons. The van der Waals surface area contributed by atoms with Crippen molar-refractivity contribution in [2.75, 3.05) is 6.54 Å². The Kier molecular flexibility index (Phi) is 3.80. The maximum atomic E-state index is 12.1. The fourth-order valence-electron chi connectivity index (χ4n) is 2.54. The molecule has 3 rings (SSSR count). The summed E-state index contributed by atoms with van der Waals surface area (Å²) in [5.41, 5.74) is 1.90. The zero-order valence-electron chi connectivity index (χ0n) is 12.4. The van der Waals surface area contributed by atoms with E-state index in [-0.39, 0.29) is 17.1 Å². The number of amides is 1. The fourth-order valence-corrected chi connectivity index (χ4v) is 2.54. The summed E-state index contributed by atoms with van der Waals surface area (Å²) >= 11 is 0. The average Bonchev–Trinajstić information content (AvgIpc) is 3.11. The van der Waals surface area contributed by atoms with Gasteiger partial charge in [0.1, 0.15) is 5.69 Å². The van der Waals surface area contributed by atoms with Crippen molar-refractivity contribution in [1.82, 2.24) is 20.5 Å². The second-order valence-corrected chi connectivity index (χ2v) is 5.17. The first-order chi connectivity index (χ1) is 11.1. The van der Waals surface area contributed by atoms with Gasteiger partial charge in [0.25, 0.3) is 5.91 Å². The van der Waals surface area contributed by atoms with Crippen LogP contribution in [-0.4, -0.2) is 32.6 Å². The third-order valence-corrected chi connectivity index (χ3v) is 3.67. The molecule has 0 aliphatic heterocycles. The van der Waals surface area contributed by atoms with Crippen molar-refractivity contribution in [2.45, 2.75) is 13.3 Å². The summed E-state index contributed by atoms with van der Waals surface area (Å²) in [5, 5.41) is 20.9. The number of nitro groups is 1. The molecule has 118 valence electrons. The molecule has 2 aromatic heterocycles. The molecule has 1 amide bonds. The van der Waals surface area contributed by atoms with Gasteiger partial charge in [-0.3, -0.25) is 20.0 Å². The van der Waals surface area contributed by atoms with E-state index in [9.17, 15) is 14.9 Å². The van der Waals surface area contributed by atoms with E-state index in [0.29, 0.717) is 13.0 Å². The molecule has 3 aromatic rings. The number of H-pyrrole nitrogens is 2. The van der Waals surface area contributed by atoms with Gasteiger partial charge >= 0.3 is 5.69 Å². The summed E-state index contributed by atoms with van der Waals surface area (Å²) in [6, 6.07) is 7.88. The van der Waals surface area contributed by atoms with E-state index in [1.165, 1.54) is 6.92 Å². The van der Waals surface area contributed by atoms with Gasteiger partial charge in [-0.15, -0.1) is 0 Å². The largest absolute Gasteiger partial charge is 0.361 e. The zero-order chi connectivity index (χ0) is 16.4. The Morgan fingerprint density at radius 1 is 1.39 bits per heavy atom. The van der Waals surface area contributed by atoms with Crippen LogP contribution in [0, 0.1) is 17.0 Å². The van der Waals surface area contributed by atoms with E-state index in [0.717, 1.165) is 16.5 Å². The number of benzene rings is 1. The Morgan fingerprint density at radius 2 is 2.17 bits per heavy atom. The highest BCUT2D eigenvalue weighted by Gasteiger charge is 2.26. The molecular formula is C15H15N5O3. The van der Waals surface area contributed by atoms with Crippen LogP contribution in [0.3, 0.4) is 0 Å². The van der Waals surface area contributed by atoms with Crippen molar-refractivity contribution < 1.29 is 9.72 Å². The highest BCUT2D eigenvalue weighted by atomic mass is 16.6. The lowest BCUT2D eigenvalue weighted by molar-refractivity contribution is -0.385. The van der Waals surface area contributed by atoms with Crippen molar-refractivity contribution in [3.8, 4) is 0 Å². The molecule has 1 aromatic carbocycles. The molecule has 0 fully saturated rings. The normalized spacial score (nSPS) is 10.8. The summed E-state index contributed by atoms with van der Waals surface area (Å²) in [6.07, 6.45) is 2.52.